The van der Waals surface area contributed by atoms with Crippen LogP contribution in [0, 0.1) is 5.92 Å². The highest BCUT2D eigenvalue weighted by molar-refractivity contribution is 7.89. The predicted octanol–water partition coefficient (Wildman–Crippen LogP) is 2.42. The summed E-state index contributed by atoms with van der Waals surface area (Å²) >= 11 is 5.64. The van der Waals surface area contributed by atoms with Gasteiger partial charge < -0.3 is 4.98 Å². The molecule has 6 heteroatoms. The highest BCUT2D eigenvalue weighted by Crippen LogP contribution is 2.18. The summed E-state index contributed by atoms with van der Waals surface area (Å²) in [5, 5.41) is 0. The average molecular weight is 279 g/mol. The molecule has 1 aromatic heterocycles. The number of rotatable bonds is 6. The molecule has 1 aromatic rings. The number of aromatic amines is 1. The highest BCUT2D eigenvalue weighted by atomic mass is 35.5. The van der Waals surface area contributed by atoms with Crippen molar-refractivity contribution in [3.63, 3.8) is 0 Å². The van der Waals surface area contributed by atoms with Crippen LogP contribution in [-0.4, -0.2) is 31.3 Å². The van der Waals surface area contributed by atoms with Crippen molar-refractivity contribution in [3.8, 4) is 0 Å². The molecular formula is C11H19ClN2O2S. The summed E-state index contributed by atoms with van der Waals surface area (Å²) in [4.78, 5) is 3.12. The summed E-state index contributed by atoms with van der Waals surface area (Å²) < 4.78 is 25.7. The molecule has 0 aromatic carbocycles. The summed E-state index contributed by atoms with van der Waals surface area (Å²) in [6, 6.07) is 1.58. The first-order valence-corrected chi connectivity index (χ1v) is 7.58. The van der Waals surface area contributed by atoms with E-state index in [4.69, 9.17) is 11.6 Å². The van der Waals surface area contributed by atoms with E-state index in [1.54, 1.807) is 13.1 Å². The van der Waals surface area contributed by atoms with E-state index in [1.807, 2.05) is 13.8 Å². The minimum atomic E-state index is -3.39. The Morgan fingerprint density at radius 1 is 1.53 bits per heavy atom. The summed E-state index contributed by atoms with van der Waals surface area (Å²) in [5.41, 5.74) is 0.710. The molecule has 4 nitrogen and oxygen atoms in total. The molecule has 1 unspecified atom stereocenters. The Morgan fingerprint density at radius 3 is 2.65 bits per heavy atom. The molecule has 0 radical (unpaired) electrons. The zero-order valence-corrected chi connectivity index (χ0v) is 12.0. The van der Waals surface area contributed by atoms with Crippen LogP contribution in [0.2, 0.25) is 0 Å². The van der Waals surface area contributed by atoms with Gasteiger partial charge in [-0.15, -0.1) is 11.6 Å². The Kier molecular flexibility index (Phi) is 5.04. The number of hydrogen-bond acceptors (Lipinski definition) is 2. The maximum absolute atomic E-state index is 12.2. The SMILES string of the molecule is CCC(C)CN(C)S(=O)(=O)c1c[nH]c(CCl)c1. The van der Waals surface area contributed by atoms with Gasteiger partial charge in [0, 0.05) is 25.5 Å². The van der Waals surface area contributed by atoms with Gasteiger partial charge >= 0.3 is 0 Å². The van der Waals surface area contributed by atoms with E-state index < -0.39 is 10.0 Å². The van der Waals surface area contributed by atoms with Gasteiger partial charge in [-0.25, -0.2) is 12.7 Å². The first-order chi connectivity index (χ1) is 7.91. The fourth-order valence-electron chi connectivity index (χ4n) is 1.49. The molecule has 1 atom stereocenters. The standard InChI is InChI=1S/C11H19ClN2O2S/c1-4-9(2)8-14(3)17(15,16)11-5-10(6-12)13-7-11/h5,7,9,13H,4,6,8H2,1-3H3. The first kappa shape index (κ1) is 14.5. The third-order valence-electron chi connectivity index (χ3n) is 2.83. The minimum Gasteiger partial charge on any atom is -0.363 e. The number of aromatic nitrogens is 1. The van der Waals surface area contributed by atoms with E-state index in [9.17, 15) is 8.42 Å². The lowest BCUT2D eigenvalue weighted by Gasteiger charge is -2.19. The largest absolute Gasteiger partial charge is 0.363 e. The second-order valence-corrected chi connectivity index (χ2v) is 6.61. The van der Waals surface area contributed by atoms with Gasteiger partial charge in [-0.2, -0.15) is 0 Å². The molecule has 0 amide bonds. The van der Waals surface area contributed by atoms with Crippen LogP contribution in [0.5, 0.6) is 0 Å². The van der Waals surface area contributed by atoms with Crippen molar-refractivity contribution < 1.29 is 8.42 Å². The molecule has 98 valence electrons. The number of sulfonamides is 1. The van der Waals surface area contributed by atoms with E-state index in [-0.39, 0.29) is 10.8 Å². The average Bonchev–Trinajstić information content (AvgIpc) is 2.77. The Labute approximate surface area is 108 Å². The molecule has 0 aliphatic rings. The van der Waals surface area contributed by atoms with Crippen molar-refractivity contribution in [2.45, 2.75) is 31.0 Å². The number of hydrogen-bond donors (Lipinski definition) is 1. The van der Waals surface area contributed by atoms with Crippen LogP contribution < -0.4 is 0 Å². The molecule has 0 saturated heterocycles. The van der Waals surface area contributed by atoms with E-state index in [0.717, 1.165) is 6.42 Å². The Balaban J connectivity index is 2.87. The van der Waals surface area contributed by atoms with Crippen molar-refractivity contribution in [2.24, 2.45) is 5.92 Å². The normalized spacial score (nSPS) is 14.2. The quantitative estimate of drug-likeness (QED) is 0.813. The number of nitrogens with zero attached hydrogens (tertiary/aromatic N) is 1. The Morgan fingerprint density at radius 2 is 2.18 bits per heavy atom. The van der Waals surface area contributed by atoms with Gasteiger partial charge in [0.15, 0.2) is 0 Å². The molecule has 1 rings (SSSR count). The highest BCUT2D eigenvalue weighted by Gasteiger charge is 2.23. The molecule has 0 aliphatic carbocycles. The maximum Gasteiger partial charge on any atom is 0.244 e. The van der Waals surface area contributed by atoms with Gasteiger partial charge in [-0.05, 0) is 12.0 Å². The number of H-pyrrole nitrogens is 1. The first-order valence-electron chi connectivity index (χ1n) is 5.61. The van der Waals surface area contributed by atoms with Crippen molar-refractivity contribution >= 4 is 21.6 Å². The fraction of sp³-hybridized carbons (Fsp3) is 0.636. The van der Waals surface area contributed by atoms with E-state index in [2.05, 4.69) is 4.98 Å². The Hall–Kier alpha value is -0.520. The van der Waals surface area contributed by atoms with Crippen molar-refractivity contribution in [3.05, 3.63) is 18.0 Å². The van der Waals surface area contributed by atoms with Crippen LogP contribution in [0.1, 0.15) is 26.0 Å². The molecule has 1 N–H and O–H groups in total. The van der Waals surface area contributed by atoms with Gasteiger partial charge in [0.05, 0.1) is 10.8 Å². The summed E-state index contributed by atoms with van der Waals surface area (Å²) in [6.45, 7) is 4.61. The van der Waals surface area contributed by atoms with Gasteiger partial charge in [-0.1, -0.05) is 20.3 Å². The summed E-state index contributed by atoms with van der Waals surface area (Å²) in [6.07, 6.45) is 2.44. The van der Waals surface area contributed by atoms with Gasteiger partial charge in [0.2, 0.25) is 10.0 Å². The lowest BCUT2D eigenvalue weighted by atomic mass is 10.1. The van der Waals surface area contributed by atoms with E-state index in [0.29, 0.717) is 18.2 Å². The fourth-order valence-corrected chi connectivity index (χ4v) is 2.96. The summed E-state index contributed by atoms with van der Waals surface area (Å²) in [7, 11) is -1.78. The van der Waals surface area contributed by atoms with Gasteiger partial charge in [0.25, 0.3) is 0 Å². The lowest BCUT2D eigenvalue weighted by molar-refractivity contribution is 0.393. The van der Waals surface area contributed by atoms with Gasteiger partial charge in [0.1, 0.15) is 0 Å². The number of alkyl halides is 1. The van der Waals surface area contributed by atoms with Crippen LogP contribution >= 0.6 is 11.6 Å². The smallest absolute Gasteiger partial charge is 0.244 e. The van der Waals surface area contributed by atoms with Crippen LogP contribution in [0.25, 0.3) is 0 Å². The second kappa shape index (κ2) is 5.89. The zero-order valence-electron chi connectivity index (χ0n) is 10.4. The van der Waals surface area contributed by atoms with Crippen molar-refractivity contribution in [2.75, 3.05) is 13.6 Å². The van der Waals surface area contributed by atoms with Crippen LogP contribution in [0.4, 0.5) is 0 Å². The third-order valence-corrected chi connectivity index (χ3v) is 4.92. The second-order valence-electron chi connectivity index (χ2n) is 4.29. The molecule has 1 heterocycles. The number of halogens is 1. The molecule has 0 saturated carbocycles. The third kappa shape index (κ3) is 3.47. The Bertz CT molecular complexity index is 456. The van der Waals surface area contributed by atoms with Crippen molar-refractivity contribution in [1.29, 1.82) is 0 Å². The molecule has 0 aliphatic heterocycles. The number of nitrogens with one attached hydrogen (secondary N) is 1. The maximum atomic E-state index is 12.2. The van der Waals surface area contributed by atoms with Crippen LogP contribution in [0.3, 0.4) is 0 Å². The topological polar surface area (TPSA) is 53.2 Å². The minimum absolute atomic E-state index is 0.277. The molecule has 0 spiro atoms. The molecular weight excluding hydrogens is 260 g/mol. The van der Waals surface area contributed by atoms with Crippen molar-refractivity contribution in [1.82, 2.24) is 9.29 Å². The van der Waals surface area contributed by atoms with E-state index >= 15 is 0 Å². The van der Waals surface area contributed by atoms with Crippen LogP contribution in [-0.2, 0) is 15.9 Å². The predicted molar refractivity (Wildman–Crippen MR) is 69.6 cm³/mol. The van der Waals surface area contributed by atoms with E-state index in [1.165, 1.54) is 10.5 Å². The van der Waals surface area contributed by atoms with Gasteiger partial charge in [-0.3, -0.25) is 0 Å². The summed E-state index contributed by atoms with van der Waals surface area (Å²) in [5.74, 6) is 0.631. The van der Waals surface area contributed by atoms with Crippen LogP contribution in [0.15, 0.2) is 17.2 Å². The monoisotopic (exact) mass is 278 g/mol. The molecule has 0 fully saturated rings. The lowest BCUT2D eigenvalue weighted by Crippen LogP contribution is -2.30. The molecule has 0 bridgehead atoms. The zero-order chi connectivity index (χ0) is 13.1. The molecule has 17 heavy (non-hydrogen) atoms.